The van der Waals surface area contributed by atoms with E-state index in [0.29, 0.717) is 5.92 Å². The molecule has 1 aromatic carbocycles. The van der Waals surface area contributed by atoms with E-state index < -0.39 is 0 Å². The third kappa shape index (κ3) is 2.99. The molecule has 0 radical (unpaired) electrons. The standard InChI is InChI=1S/C10H12Br2O/c1-6(2)3-7-4-8(11)10(13)9(12)5-7/h4-6,13H,3H2,1-2H3. The summed E-state index contributed by atoms with van der Waals surface area (Å²) in [6, 6.07) is 3.92. The summed E-state index contributed by atoms with van der Waals surface area (Å²) in [5, 5.41) is 9.47. The minimum Gasteiger partial charge on any atom is -0.506 e. The van der Waals surface area contributed by atoms with Gasteiger partial charge in [0.25, 0.3) is 0 Å². The molecule has 13 heavy (non-hydrogen) atoms. The van der Waals surface area contributed by atoms with Crippen LogP contribution in [0.4, 0.5) is 0 Å². The lowest BCUT2D eigenvalue weighted by molar-refractivity contribution is 0.468. The Hall–Kier alpha value is -0.0200. The third-order valence-corrected chi connectivity index (χ3v) is 2.93. The summed E-state index contributed by atoms with van der Waals surface area (Å²) in [7, 11) is 0. The lowest BCUT2D eigenvalue weighted by Crippen LogP contribution is -1.94. The van der Waals surface area contributed by atoms with Crippen LogP contribution < -0.4 is 0 Å². The Morgan fingerprint density at radius 1 is 1.23 bits per heavy atom. The molecule has 0 atom stereocenters. The normalized spacial score (nSPS) is 10.8. The lowest BCUT2D eigenvalue weighted by atomic mass is 10.0. The molecule has 0 unspecified atom stereocenters. The Morgan fingerprint density at radius 3 is 2.08 bits per heavy atom. The molecule has 0 heterocycles. The Bertz CT molecular complexity index is 285. The van der Waals surface area contributed by atoms with E-state index in [0.717, 1.165) is 15.4 Å². The summed E-state index contributed by atoms with van der Waals surface area (Å²) in [5.74, 6) is 0.899. The number of hydrogen-bond acceptors (Lipinski definition) is 1. The highest BCUT2D eigenvalue weighted by molar-refractivity contribution is 9.11. The van der Waals surface area contributed by atoms with Crippen molar-refractivity contribution in [3.8, 4) is 5.75 Å². The zero-order chi connectivity index (χ0) is 10.0. The van der Waals surface area contributed by atoms with E-state index in [1.165, 1.54) is 5.56 Å². The average Bonchev–Trinajstić information content (AvgIpc) is 1.98. The van der Waals surface area contributed by atoms with Gasteiger partial charge in [-0.25, -0.2) is 0 Å². The van der Waals surface area contributed by atoms with Gasteiger partial charge in [0.05, 0.1) is 8.95 Å². The molecule has 72 valence electrons. The highest BCUT2D eigenvalue weighted by atomic mass is 79.9. The molecule has 1 rings (SSSR count). The summed E-state index contributed by atoms with van der Waals surface area (Å²) >= 11 is 6.61. The minimum atomic E-state index is 0.271. The van der Waals surface area contributed by atoms with E-state index in [-0.39, 0.29) is 5.75 Å². The van der Waals surface area contributed by atoms with E-state index >= 15 is 0 Å². The molecule has 0 fully saturated rings. The Morgan fingerprint density at radius 2 is 1.69 bits per heavy atom. The van der Waals surface area contributed by atoms with E-state index in [1.54, 1.807) is 0 Å². The van der Waals surface area contributed by atoms with E-state index in [2.05, 4.69) is 45.7 Å². The molecular formula is C10H12Br2O. The second kappa shape index (κ2) is 4.47. The number of halogens is 2. The summed E-state index contributed by atoms with van der Waals surface area (Å²) in [6.07, 6.45) is 1.03. The van der Waals surface area contributed by atoms with E-state index in [9.17, 15) is 5.11 Å². The first-order valence-electron chi connectivity index (χ1n) is 4.17. The van der Waals surface area contributed by atoms with Crippen molar-refractivity contribution in [1.82, 2.24) is 0 Å². The summed E-state index contributed by atoms with van der Waals surface area (Å²) in [5.41, 5.74) is 1.23. The fourth-order valence-corrected chi connectivity index (χ4v) is 2.49. The molecule has 0 bridgehead atoms. The summed E-state index contributed by atoms with van der Waals surface area (Å²) in [6.45, 7) is 4.35. The topological polar surface area (TPSA) is 20.2 Å². The highest BCUT2D eigenvalue weighted by Gasteiger charge is 2.06. The second-order valence-electron chi connectivity index (χ2n) is 3.51. The number of phenols is 1. The average molecular weight is 308 g/mol. The van der Waals surface area contributed by atoms with E-state index in [1.807, 2.05) is 12.1 Å². The maximum absolute atomic E-state index is 9.47. The van der Waals surface area contributed by atoms with Gasteiger partial charge >= 0.3 is 0 Å². The van der Waals surface area contributed by atoms with Crippen LogP contribution in [0.25, 0.3) is 0 Å². The number of benzene rings is 1. The number of hydrogen-bond donors (Lipinski definition) is 1. The summed E-state index contributed by atoms with van der Waals surface area (Å²) in [4.78, 5) is 0. The quantitative estimate of drug-likeness (QED) is 0.871. The molecule has 1 N–H and O–H groups in total. The van der Waals surface area contributed by atoms with Gasteiger partial charge < -0.3 is 5.11 Å². The monoisotopic (exact) mass is 306 g/mol. The van der Waals surface area contributed by atoms with Gasteiger partial charge in [-0.3, -0.25) is 0 Å². The zero-order valence-corrected chi connectivity index (χ0v) is 10.8. The minimum absolute atomic E-state index is 0.271. The molecule has 0 spiro atoms. The molecular weight excluding hydrogens is 296 g/mol. The van der Waals surface area contributed by atoms with E-state index in [4.69, 9.17) is 0 Å². The van der Waals surface area contributed by atoms with Crippen LogP contribution in [-0.4, -0.2) is 5.11 Å². The van der Waals surface area contributed by atoms with Crippen molar-refractivity contribution in [2.75, 3.05) is 0 Å². The van der Waals surface area contributed by atoms with Gasteiger partial charge in [-0.15, -0.1) is 0 Å². The Balaban J connectivity index is 2.99. The van der Waals surface area contributed by atoms with Gasteiger partial charge in [-0.2, -0.15) is 0 Å². The molecule has 3 heteroatoms. The van der Waals surface area contributed by atoms with Crippen LogP contribution in [0.1, 0.15) is 19.4 Å². The molecule has 0 aliphatic heterocycles. The Kier molecular flexibility index (Phi) is 3.80. The van der Waals surface area contributed by atoms with Gasteiger partial charge in [0.2, 0.25) is 0 Å². The predicted molar refractivity (Wildman–Crippen MR) is 62.0 cm³/mol. The van der Waals surface area contributed by atoms with Crippen molar-refractivity contribution in [3.63, 3.8) is 0 Å². The van der Waals surface area contributed by atoms with Crippen LogP contribution in [0, 0.1) is 5.92 Å². The zero-order valence-electron chi connectivity index (χ0n) is 7.64. The molecule has 0 saturated heterocycles. The molecule has 0 aliphatic rings. The van der Waals surface area contributed by atoms with Crippen molar-refractivity contribution in [2.45, 2.75) is 20.3 Å². The summed E-state index contributed by atoms with van der Waals surface area (Å²) < 4.78 is 1.50. The Labute approximate surface area is 95.4 Å². The van der Waals surface area contributed by atoms with Crippen LogP contribution in [-0.2, 0) is 6.42 Å². The van der Waals surface area contributed by atoms with Crippen LogP contribution in [0.2, 0.25) is 0 Å². The molecule has 1 aromatic rings. The third-order valence-electron chi connectivity index (χ3n) is 1.72. The SMILES string of the molecule is CC(C)Cc1cc(Br)c(O)c(Br)c1. The van der Waals surface area contributed by atoms with Crippen molar-refractivity contribution < 1.29 is 5.11 Å². The second-order valence-corrected chi connectivity index (χ2v) is 5.21. The van der Waals surface area contributed by atoms with Crippen molar-refractivity contribution >= 4 is 31.9 Å². The van der Waals surface area contributed by atoms with Gasteiger partial charge in [0, 0.05) is 0 Å². The maximum Gasteiger partial charge on any atom is 0.143 e. The molecule has 0 aromatic heterocycles. The van der Waals surface area contributed by atoms with Crippen molar-refractivity contribution in [3.05, 3.63) is 26.6 Å². The van der Waals surface area contributed by atoms with Crippen molar-refractivity contribution in [1.29, 1.82) is 0 Å². The first kappa shape index (κ1) is 11.1. The van der Waals surface area contributed by atoms with Gasteiger partial charge in [0.15, 0.2) is 0 Å². The smallest absolute Gasteiger partial charge is 0.143 e. The fourth-order valence-electron chi connectivity index (χ4n) is 1.21. The first-order chi connectivity index (χ1) is 6.00. The van der Waals surface area contributed by atoms with Crippen molar-refractivity contribution in [2.24, 2.45) is 5.92 Å². The number of rotatable bonds is 2. The van der Waals surface area contributed by atoms with Gasteiger partial charge in [-0.1, -0.05) is 13.8 Å². The first-order valence-corrected chi connectivity index (χ1v) is 5.76. The predicted octanol–water partition coefficient (Wildman–Crippen LogP) is 4.12. The maximum atomic E-state index is 9.47. The number of aromatic hydroxyl groups is 1. The molecule has 1 nitrogen and oxygen atoms in total. The fraction of sp³-hybridized carbons (Fsp3) is 0.400. The van der Waals surface area contributed by atoms with Gasteiger partial charge in [0.1, 0.15) is 5.75 Å². The van der Waals surface area contributed by atoms with Crippen LogP contribution in [0.3, 0.4) is 0 Å². The number of phenolic OH excluding ortho intramolecular Hbond substituents is 1. The highest BCUT2D eigenvalue weighted by Crippen LogP contribution is 2.33. The lowest BCUT2D eigenvalue weighted by Gasteiger charge is -2.07. The van der Waals surface area contributed by atoms with Crippen LogP contribution >= 0.6 is 31.9 Å². The van der Waals surface area contributed by atoms with Crippen LogP contribution in [0.15, 0.2) is 21.1 Å². The van der Waals surface area contributed by atoms with Gasteiger partial charge in [-0.05, 0) is 61.9 Å². The molecule has 0 aliphatic carbocycles. The molecule has 0 saturated carbocycles. The molecule has 0 amide bonds. The van der Waals surface area contributed by atoms with Crippen LogP contribution in [0.5, 0.6) is 5.75 Å². The largest absolute Gasteiger partial charge is 0.506 e.